The minimum Gasteiger partial charge on any atom is -0.388 e. The predicted octanol–water partition coefficient (Wildman–Crippen LogP) is 4.19. The third-order valence-electron chi connectivity index (χ3n) is 4.43. The summed E-state index contributed by atoms with van der Waals surface area (Å²) in [4.78, 5) is 8.55. The van der Waals surface area contributed by atoms with Crippen LogP contribution in [0.3, 0.4) is 0 Å². The average Bonchev–Trinajstić information content (AvgIpc) is 3.06. The van der Waals surface area contributed by atoms with Crippen molar-refractivity contribution in [3.8, 4) is 0 Å². The fourth-order valence-corrected chi connectivity index (χ4v) is 2.91. The molecule has 0 amide bonds. The lowest BCUT2D eigenvalue weighted by atomic mass is 9.91. The first kappa shape index (κ1) is 20.1. The van der Waals surface area contributed by atoms with Gasteiger partial charge in [0.2, 0.25) is 0 Å². The number of rotatable bonds is 5. The Hall–Kier alpha value is -2.68. The van der Waals surface area contributed by atoms with Crippen LogP contribution in [0.25, 0.3) is 5.78 Å². The van der Waals surface area contributed by atoms with E-state index in [2.05, 4.69) is 20.4 Å². The van der Waals surface area contributed by atoms with Crippen LogP contribution >= 0.6 is 0 Å². The Morgan fingerprint density at radius 2 is 1.75 bits per heavy atom. The van der Waals surface area contributed by atoms with Crippen LogP contribution in [0.4, 0.5) is 19.0 Å². The molecular formula is C19H22F3N5O. The SMILES string of the molecule is CC(C)c1cc(N[C@H](c2ccc(C(F)(F)F)cc2)C(C)(C)O)n2ncnc2n1. The topological polar surface area (TPSA) is 75.3 Å². The molecule has 28 heavy (non-hydrogen) atoms. The van der Waals surface area contributed by atoms with Crippen LogP contribution in [0.2, 0.25) is 0 Å². The second-order valence-corrected chi connectivity index (χ2v) is 7.54. The Labute approximate surface area is 160 Å². The number of alkyl halides is 3. The summed E-state index contributed by atoms with van der Waals surface area (Å²) in [7, 11) is 0. The molecule has 0 radical (unpaired) electrons. The smallest absolute Gasteiger partial charge is 0.388 e. The third-order valence-corrected chi connectivity index (χ3v) is 4.43. The summed E-state index contributed by atoms with van der Waals surface area (Å²) in [5, 5.41) is 18.0. The molecule has 0 aliphatic carbocycles. The second-order valence-electron chi connectivity index (χ2n) is 7.54. The van der Waals surface area contributed by atoms with E-state index in [1.807, 2.05) is 13.8 Å². The summed E-state index contributed by atoms with van der Waals surface area (Å²) in [6, 6.07) is 5.85. The number of hydrogen-bond donors (Lipinski definition) is 2. The van der Waals surface area contributed by atoms with Gasteiger partial charge in [-0.2, -0.15) is 27.8 Å². The van der Waals surface area contributed by atoms with Crippen molar-refractivity contribution in [1.82, 2.24) is 19.6 Å². The Balaban J connectivity index is 2.03. The fourth-order valence-electron chi connectivity index (χ4n) is 2.91. The van der Waals surface area contributed by atoms with Crippen LogP contribution in [-0.2, 0) is 6.18 Å². The lowest BCUT2D eigenvalue weighted by Gasteiger charge is -2.31. The van der Waals surface area contributed by atoms with Gasteiger partial charge >= 0.3 is 6.18 Å². The van der Waals surface area contributed by atoms with Gasteiger partial charge in [-0.25, -0.2) is 4.98 Å². The van der Waals surface area contributed by atoms with E-state index in [9.17, 15) is 18.3 Å². The molecule has 1 atom stereocenters. The van der Waals surface area contributed by atoms with Crippen LogP contribution < -0.4 is 5.32 Å². The zero-order chi connectivity index (χ0) is 20.7. The van der Waals surface area contributed by atoms with Gasteiger partial charge in [-0.15, -0.1) is 0 Å². The summed E-state index contributed by atoms with van der Waals surface area (Å²) >= 11 is 0. The average molecular weight is 393 g/mol. The van der Waals surface area contributed by atoms with Crippen molar-refractivity contribution in [3.05, 3.63) is 53.5 Å². The van der Waals surface area contributed by atoms with Crippen LogP contribution in [0.15, 0.2) is 36.7 Å². The van der Waals surface area contributed by atoms with Crippen LogP contribution in [-0.4, -0.2) is 30.3 Å². The summed E-state index contributed by atoms with van der Waals surface area (Å²) in [5.74, 6) is 1.07. The van der Waals surface area contributed by atoms with E-state index in [0.29, 0.717) is 17.2 Å². The maximum atomic E-state index is 12.9. The van der Waals surface area contributed by atoms with Gasteiger partial charge in [0.05, 0.1) is 22.9 Å². The van der Waals surface area contributed by atoms with Crippen molar-refractivity contribution >= 4 is 11.6 Å². The Morgan fingerprint density at radius 1 is 1.11 bits per heavy atom. The van der Waals surface area contributed by atoms with E-state index < -0.39 is 23.4 Å². The Morgan fingerprint density at radius 3 is 2.29 bits per heavy atom. The minimum absolute atomic E-state index is 0.133. The Kier molecular flexibility index (Phi) is 5.05. The first-order valence-corrected chi connectivity index (χ1v) is 8.83. The Bertz CT molecular complexity index is 958. The number of aromatic nitrogens is 4. The van der Waals surface area contributed by atoms with Crippen molar-refractivity contribution in [3.63, 3.8) is 0 Å². The highest BCUT2D eigenvalue weighted by Crippen LogP contribution is 2.34. The molecule has 0 aliphatic rings. The molecule has 2 aromatic heterocycles. The van der Waals surface area contributed by atoms with Crippen LogP contribution in [0.5, 0.6) is 0 Å². The maximum Gasteiger partial charge on any atom is 0.416 e. The first-order valence-electron chi connectivity index (χ1n) is 8.83. The molecular weight excluding hydrogens is 371 g/mol. The molecule has 0 unspecified atom stereocenters. The molecule has 9 heteroatoms. The summed E-state index contributed by atoms with van der Waals surface area (Å²) < 4.78 is 40.1. The summed E-state index contributed by atoms with van der Waals surface area (Å²) in [6.45, 7) is 7.15. The number of anilines is 1. The van der Waals surface area contributed by atoms with Gasteiger partial charge in [0, 0.05) is 6.07 Å². The zero-order valence-electron chi connectivity index (χ0n) is 16.0. The monoisotopic (exact) mass is 393 g/mol. The molecule has 3 aromatic rings. The van der Waals surface area contributed by atoms with E-state index in [0.717, 1.165) is 17.8 Å². The van der Waals surface area contributed by atoms with Crippen molar-refractivity contribution in [2.75, 3.05) is 5.32 Å². The lowest BCUT2D eigenvalue weighted by molar-refractivity contribution is -0.137. The molecule has 0 spiro atoms. The molecule has 0 saturated carbocycles. The van der Waals surface area contributed by atoms with Gasteiger partial charge in [0.1, 0.15) is 12.1 Å². The zero-order valence-corrected chi connectivity index (χ0v) is 16.0. The molecule has 6 nitrogen and oxygen atoms in total. The molecule has 0 fully saturated rings. The molecule has 0 aliphatic heterocycles. The fraction of sp³-hybridized carbons (Fsp3) is 0.421. The van der Waals surface area contributed by atoms with Gasteiger partial charge in [-0.1, -0.05) is 26.0 Å². The lowest BCUT2D eigenvalue weighted by Crippen LogP contribution is -2.35. The van der Waals surface area contributed by atoms with Crippen molar-refractivity contribution in [1.29, 1.82) is 0 Å². The summed E-state index contributed by atoms with van der Waals surface area (Å²) in [6.07, 6.45) is -3.05. The van der Waals surface area contributed by atoms with E-state index in [4.69, 9.17) is 0 Å². The number of aliphatic hydroxyl groups is 1. The van der Waals surface area contributed by atoms with E-state index in [-0.39, 0.29) is 5.92 Å². The molecule has 0 bridgehead atoms. The number of halogens is 3. The highest BCUT2D eigenvalue weighted by atomic mass is 19.4. The van der Waals surface area contributed by atoms with Crippen molar-refractivity contribution < 1.29 is 18.3 Å². The highest BCUT2D eigenvalue weighted by Gasteiger charge is 2.33. The highest BCUT2D eigenvalue weighted by molar-refractivity contribution is 5.48. The first-order chi connectivity index (χ1) is 13.0. The molecule has 3 rings (SSSR count). The van der Waals surface area contributed by atoms with Gasteiger partial charge in [0.15, 0.2) is 0 Å². The van der Waals surface area contributed by atoms with Crippen molar-refractivity contribution in [2.24, 2.45) is 0 Å². The van der Waals surface area contributed by atoms with E-state index >= 15 is 0 Å². The second kappa shape index (κ2) is 7.05. The number of benzene rings is 1. The van der Waals surface area contributed by atoms with Crippen LogP contribution in [0.1, 0.15) is 56.5 Å². The third kappa shape index (κ3) is 4.09. The maximum absolute atomic E-state index is 12.9. The molecule has 0 saturated heterocycles. The largest absolute Gasteiger partial charge is 0.416 e. The predicted molar refractivity (Wildman–Crippen MR) is 99.0 cm³/mol. The number of hydrogen-bond acceptors (Lipinski definition) is 5. The van der Waals surface area contributed by atoms with E-state index in [1.54, 1.807) is 19.9 Å². The number of nitrogens with zero attached hydrogens (tertiary/aromatic N) is 4. The molecule has 150 valence electrons. The summed E-state index contributed by atoms with van der Waals surface area (Å²) in [5.41, 5.74) is -0.717. The molecule has 2 heterocycles. The van der Waals surface area contributed by atoms with Gasteiger partial charge in [-0.05, 0) is 37.5 Å². The molecule has 2 N–H and O–H groups in total. The normalized spacial score (nSPS) is 13.9. The van der Waals surface area contributed by atoms with E-state index in [1.165, 1.54) is 23.0 Å². The minimum atomic E-state index is -4.42. The number of nitrogens with one attached hydrogen (secondary N) is 1. The van der Waals surface area contributed by atoms with Crippen molar-refractivity contribution in [2.45, 2.75) is 51.4 Å². The van der Waals surface area contributed by atoms with Gasteiger partial charge in [-0.3, -0.25) is 0 Å². The standard InChI is InChI=1S/C19H22F3N5O/c1-11(2)14-9-15(27-17(25-14)23-10-24-27)26-16(18(3,4)28)12-5-7-13(8-6-12)19(20,21)22/h5-11,16,26,28H,1-4H3/t16-/m1/s1. The van der Waals surface area contributed by atoms with Gasteiger partial charge < -0.3 is 10.4 Å². The van der Waals surface area contributed by atoms with Gasteiger partial charge in [0.25, 0.3) is 5.78 Å². The quantitative estimate of drug-likeness (QED) is 0.680. The molecule has 1 aromatic carbocycles. The van der Waals surface area contributed by atoms with Crippen LogP contribution in [0, 0.1) is 0 Å². The number of fused-ring (bicyclic) bond motifs is 1.